The van der Waals surface area contributed by atoms with E-state index < -0.39 is 17.4 Å². The Kier molecular flexibility index (Phi) is 4.40. The van der Waals surface area contributed by atoms with Gasteiger partial charge >= 0.3 is 5.97 Å². The van der Waals surface area contributed by atoms with Gasteiger partial charge in [-0.15, -0.1) is 0 Å². The van der Waals surface area contributed by atoms with Gasteiger partial charge in [-0.25, -0.2) is 4.79 Å². The molecule has 6 heteroatoms. The van der Waals surface area contributed by atoms with E-state index in [2.05, 4.69) is 5.32 Å². The van der Waals surface area contributed by atoms with Gasteiger partial charge in [0.2, 0.25) is 0 Å². The lowest BCUT2D eigenvalue weighted by Gasteiger charge is -2.21. The van der Waals surface area contributed by atoms with Crippen LogP contribution in [0.5, 0.6) is 0 Å². The van der Waals surface area contributed by atoms with Crippen molar-refractivity contribution in [2.45, 2.75) is 39.3 Å². The molecule has 0 aliphatic heterocycles. The summed E-state index contributed by atoms with van der Waals surface area (Å²) in [4.78, 5) is 23.0. The Balaban J connectivity index is 2.94. The molecule has 0 radical (unpaired) electrons. The number of aryl methyl sites for hydroxylation is 1. The molecule has 0 atom stereocenters. The van der Waals surface area contributed by atoms with Crippen molar-refractivity contribution in [1.82, 2.24) is 9.88 Å². The quantitative estimate of drug-likeness (QED) is 0.863. The summed E-state index contributed by atoms with van der Waals surface area (Å²) in [5.41, 5.74) is -0.943. The van der Waals surface area contributed by atoms with E-state index in [0.29, 0.717) is 17.3 Å². The van der Waals surface area contributed by atoms with E-state index in [1.165, 1.54) is 19.9 Å². The number of carboxylic acid groups (broad SMARTS) is 1. The Labute approximate surface area is 111 Å². The van der Waals surface area contributed by atoms with Crippen molar-refractivity contribution in [3.63, 3.8) is 0 Å². The number of carbonyl (C=O) groups is 2. The fourth-order valence-corrected chi connectivity index (χ4v) is 1.71. The molecule has 0 aliphatic rings. The monoisotopic (exact) mass is 272 g/mol. The molecule has 0 bridgehead atoms. The Bertz CT molecular complexity index is 466. The first-order chi connectivity index (χ1) is 8.27. The van der Waals surface area contributed by atoms with Crippen molar-refractivity contribution in [2.75, 3.05) is 0 Å². The predicted octanol–water partition coefficient (Wildman–Crippen LogP) is 2.14. The Hall–Kier alpha value is -1.49. The van der Waals surface area contributed by atoms with Gasteiger partial charge in [0.15, 0.2) is 0 Å². The lowest BCUT2D eigenvalue weighted by Crippen LogP contribution is -2.50. The van der Waals surface area contributed by atoms with E-state index >= 15 is 0 Å². The second-order valence-electron chi connectivity index (χ2n) is 4.62. The highest BCUT2D eigenvalue weighted by atomic mass is 35.5. The largest absolute Gasteiger partial charge is 0.480 e. The first-order valence-corrected chi connectivity index (χ1v) is 6.07. The number of aromatic nitrogens is 1. The predicted molar refractivity (Wildman–Crippen MR) is 68.9 cm³/mol. The summed E-state index contributed by atoms with van der Waals surface area (Å²) >= 11 is 5.86. The third-order valence-corrected chi connectivity index (χ3v) is 2.73. The Morgan fingerprint density at radius 1 is 1.50 bits per heavy atom. The molecule has 0 saturated carbocycles. The Morgan fingerprint density at radius 3 is 2.61 bits per heavy atom. The number of aliphatic carboxylic acids is 1. The van der Waals surface area contributed by atoms with E-state index in [-0.39, 0.29) is 0 Å². The molecule has 0 aromatic carbocycles. The van der Waals surface area contributed by atoms with Crippen LogP contribution in [0.3, 0.4) is 0 Å². The number of carboxylic acids is 1. The van der Waals surface area contributed by atoms with Gasteiger partial charge in [-0.1, -0.05) is 18.5 Å². The lowest BCUT2D eigenvalue weighted by atomic mass is 10.1. The number of nitrogens with one attached hydrogen (secondary N) is 1. The molecule has 1 amide bonds. The van der Waals surface area contributed by atoms with Crippen LogP contribution in [0.2, 0.25) is 5.02 Å². The highest BCUT2D eigenvalue weighted by Crippen LogP contribution is 2.16. The zero-order chi connectivity index (χ0) is 13.9. The van der Waals surface area contributed by atoms with Crippen LogP contribution in [0.25, 0.3) is 0 Å². The van der Waals surface area contributed by atoms with Gasteiger partial charge in [-0.3, -0.25) is 4.79 Å². The van der Waals surface area contributed by atoms with Gasteiger partial charge in [0.1, 0.15) is 11.2 Å². The first-order valence-electron chi connectivity index (χ1n) is 5.69. The average molecular weight is 273 g/mol. The zero-order valence-electron chi connectivity index (χ0n) is 10.7. The van der Waals surface area contributed by atoms with Gasteiger partial charge in [-0.2, -0.15) is 0 Å². The lowest BCUT2D eigenvalue weighted by molar-refractivity contribution is -0.143. The van der Waals surface area contributed by atoms with Crippen LogP contribution in [0, 0.1) is 0 Å². The summed E-state index contributed by atoms with van der Waals surface area (Å²) < 4.78 is 1.72. The molecule has 1 aromatic rings. The summed E-state index contributed by atoms with van der Waals surface area (Å²) in [6, 6.07) is 1.53. The van der Waals surface area contributed by atoms with Crippen molar-refractivity contribution in [1.29, 1.82) is 0 Å². The van der Waals surface area contributed by atoms with E-state index in [9.17, 15) is 9.59 Å². The van der Waals surface area contributed by atoms with Crippen molar-refractivity contribution >= 4 is 23.5 Å². The molecule has 1 aromatic heterocycles. The van der Waals surface area contributed by atoms with Crippen molar-refractivity contribution < 1.29 is 14.7 Å². The van der Waals surface area contributed by atoms with Crippen molar-refractivity contribution in [3.05, 3.63) is 23.0 Å². The zero-order valence-corrected chi connectivity index (χ0v) is 11.4. The van der Waals surface area contributed by atoms with Gasteiger partial charge in [0, 0.05) is 12.7 Å². The van der Waals surface area contributed by atoms with E-state index in [4.69, 9.17) is 16.7 Å². The van der Waals surface area contributed by atoms with E-state index in [0.717, 1.165) is 6.42 Å². The third kappa shape index (κ3) is 3.26. The van der Waals surface area contributed by atoms with Crippen LogP contribution >= 0.6 is 11.6 Å². The topological polar surface area (TPSA) is 71.3 Å². The van der Waals surface area contributed by atoms with Crippen LogP contribution in [0.4, 0.5) is 0 Å². The molecule has 0 aliphatic carbocycles. The Morgan fingerprint density at radius 2 is 2.11 bits per heavy atom. The van der Waals surface area contributed by atoms with Gasteiger partial charge < -0.3 is 15.0 Å². The van der Waals surface area contributed by atoms with Crippen LogP contribution in [0.1, 0.15) is 37.7 Å². The highest BCUT2D eigenvalue weighted by Gasteiger charge is 2.30. The second-order valence-corrected chi connectivity index (χ2v) is 5.06. The van der Waals surface area contributed by atoms with Crippen LogP contribution < -0.4 is 5.32 Å². The number of hydrogen-bond donors (Lipinski definition) is 2. The summed E-state index contributed by atoms with van der Waals surface area (Å²) in [5.74, 6) is -1.53. The number of amides is 1. The molecule has 100 valence electrons. The minimum atomic E-state index is -1.31. The number of nitrogens with zero attached hydrogens (tertiary/aromatic N) is 1. The fraction of sp³-hybridized carbons (Fsp3) is 0.500. The van der Waals surface area contributed by atoms with E-state index in [1.807, 2.05) is 6.92 Å². The van der Waals surface area contributed by atoms with Crippen molar-refractivity contribution in [2.24, 2.45) is 0 Å². The molecule has 1 heterocycles. The molecule has 2 N–H and O–H groups in total. The minimum absolute atomic E-state index is 0.371. The van der Waals surface area contributed by atoms with Crippen LogP contribution in [-0.4, -0.2) is 27.1 Å². The van der Waals surface area contributed by atoms with Crippen LogP contribution in [0.15, 0.2) is 12.3 Å². The molecule has 0 fully saturated rings. The van der Waals surface area contributed by atoms with Gasteiger partial charge in [0.25, 0.3) is 5.91 Å². The SMILES string of the molecule is CCCn1cc(Cl)cc1C(=O)NC(C)(C)C(=O)O. The molecule has 18 heavy (non-hydrogen) atoms. The van der Waals surface area contributed by atoms with Gasteiger partial charge in [0.05, 0.1) is 5.02 Å². The number of carbonyl (C=O) groups excluding carboxylic acids is 1. The summed E-state index contributed by atoms with van der Waals surface area (Å²) in [5, 5.41) is 11.9. The van der Waals surface area contributed by atoms with Crippen molar-refractivity contribution in [3.8, 4) is 0 Å². The van der Waals surface area contributed by atoms with Crippen LogP contribution in [-0.2, 0) is 11.3 Å². The molecule has 5 nitrogen and oxygen atoms in total. The van der Waals surface area contributed by atoms with E-state index in [1.54, 1.807) is 10.8 Å². The van der Waals surface area contributed by atoms with Gasteiger partial charge in [-0.05, 0) is 26.3 Å². The first kappa shape index (κ1) is 14.6. The molecule has 0 unspecified atom stereocenters. The number of hydrogen-bond acceptors (Lipinski definition) is 2. The maximum atomic E-state index is 12.0. The number of rotatable bonds is 5. The molecular formula is C12H17ClN2O3. The average Bonchev–Trinajstić information content (AvgIpc) is 2.59. The molecule has 1 rings (SSSR count). The normalized spacial score (nSPS) is 11.3. The number of halogens is 1. The summed E-state index contributed by atoms with van der Waals surface area (Å²) in [6.07, 6.45) is 2.52. The standard InChI is InChI=1S/C12H17ClN2O3/c1-4-5-15-7-8(13)6-9(15)10(16)14-12(2,3)11(17)18/h6-7H,4-5H2,1-3H3,(H,14,16)(H,17,18). The third-order valence-electron chi connectivity index (χ3n) is 2.52. The maximum absolute atomic E-state index is 12.0. The highest BCUT2D eigenvalue weighted by molar-refractivity contribution is 6.31. The maximum Gasteiger partial charge on any atom is 0.328 e. The smallest absolute Gasteiger partial charge is 0.328 e. The summed E-state index contributed by atoms with van der Waals surface area (Å²) in [7, 11) is 0. The molecule has 0 saturated heterocycles. The molecular weight excluding hydrogens is 256 g/mol. The summed E-state index contributed by atoms with van der Waals surface area (Å²) in [6.45, 7) is 5.50. The fourth-order valence-electron chi connectivity index (χ4n) is 1.49. The molecule has 0 spiro atoms. The minimum Gasteiger partial charge on any atom is -0.480 e. The second kappa shape index (κ2) is 5.44.